The lowest BCUT2D eigenvalue weighted by molar-refractivity contribution is -0.384. The molecule has 3 aromatic rings. The molecule has 1 heterocycles. The van der Waals surface area contributed by atoms with Crippen molar-refractivity contribution in [1.82, 2.24) is 5.43 Å². The van der Waals surface area contributed by atoms with Crippen LogP contribution in [0.4, 0.5) is 5.69 Å². The van der Waals surface area contributed by atoms with Crippen LogP contribution < -0.4 is 5.43 Å². The predicted octanol–water partition coefficient (Wildman–Crippen LogP) is 4.58. The molecular formula is C19H14ClN3O4. The van der Waals surface area contributed by atoms with Gasteiger partial charge in [0, 0.05) is 28.3 Å². The van der Waals surface area contributed by atoms with Crippen LogP contribution in [0.3, 0.4) is 0 Å². The van der Waals surface area contributed by atoms with Crippen LogP contribution in [0.15, 0.2) is 64.1 Å². The molecule has 136 valence electrons. The SMILES string of the molecule is Cc1ccc(C(=O)N/N=C/c2ccc(-c3ccc([N+](=O)[O-])cc3)o2)cc1Cl. The topological polar surface area (TPSA) is 97.7 Å². The minimum absolute atomic E-state index is 0.00557. The van der Waals surface area contributed by atoms with Crippen molar-refractivity contribution >= 4 is 29.4 Å². The summed E-state index contributed by atoms with van der Waals surface area (Å²) >= 11 is 6.01. The molecule has 2 aromatic carbocycles. The number of benzene rings is 2. The second-order valence-corrected chi connectivity index (χ2v) is 6.08. The lowest BCUT2D eigenvalue weighted by atomic mass is 10.1. The monoisotopic (exact) mass is 383 g/mol. The molecular weight excluding hydrogens is 370 g/mol. The molecule has 0 aliphatic heterocycles. The Morgan fingerprint density at radius 1 is 1.19 bits per heavy atom. The number of amides is 1. The molecule has 0 aliphatic rings. The van der Waals surface area contributed by atoms with Gasteiger partial charge in [0.15, 0.2) is 0 Å². The molecule has 0 bridgehead atoms. The second-order valence-electron chi connectivity index (χ2n) is 5.67. The van der Waals surface area contributed by atoms with Gasteiger partial charge in [-0.25, -0.2) is 5.43 Å². The van der Waals surface area contributed by atoms with Crippen molar-refractivity contribution in [2.75, 3.05) is 0 Å². The number of furan rings is 1. The highest BCUT2D eigenvalue weighted by molar-refractivity contribution is 6.31. The molecule has 0 aliphatic carbocycles. The number of hydrogen-bond donors (Lipinski definition) is 1. The molecule has 0 unspecified atom stereocenters. The van der Waals surface area contributed by atoms with Crippen LogP contribution in [0.5, 0.6) is 0 Å². The average molecular weight is 384 g/mol. The van der Waals surface area contributed by atoms with Gasteiger partial charge in [0.2, 0.25) is 0 Å². The number of nitrogens with zero attached hydrogens (tertiary/aromatic N) is 2. The third-order valence-electron chi connectivity index (χ3n) is 3.78. The van der Waals surface area contributed by atoms with Gasteiger partial charge in [-0.3, -0.25) is 14.9 Å². The summed E-state index contributed by atoms with van der Waals surface area (Å²) in [4.78, 5) is 22.3. The van der Waals surface area contributed by atoms with E-state index < -0.39 is 10.8 Å². The van der Waals surface area contributed by atoms with Crippen LogP contribution in [-0.4, -0.2) is 17.0 Å². The van der Waals surface area contributed by atoms with Crippen molar-refractivity contribution in [3.63, 3.8) is 0 Å². The highest BCUT2D eigenvalue weighted by Gasteiger charge is 2.09. The fraction of sp³-hybridized carbons (Fsp3) is 0.0526. The molecule has 8 heteroatoms. The van der Waals surface area contributed by atoms with Gasteiger partial charge in [-0.15, -0.1) is 0 Å². The van der Waals surface area contributed by atoms with E-state index in [0.717, 1.165) is 5.56 Å². The Labute approximate surface area is 159 Å². The lowest BCUT2D eigenvalue weighted by Crippen LogP contribution is -2.17. The van der Waals surface area contributed by atoms with E-state index in [9.17, 15) is 14.9 Å². The summed E-state index contributed by atoms with van der Waals surface area (Å²) in [6, 6.07) is 14.4. The Kier molecular flexibility index (Phi) is 5.33. The maximum absolute atomic E-state index is 12.0. The first-order chi connectivity index (χ1) is 12.9. The van der Waals surface area contributed by atoms with E-state index in [1.54, 1.807) is 42.5 Å². The Hall–Kier alpha value is -3.45. The van der Waals surface area contributed by atoms with Crippen molar-refractivity contribution in [1.29, 1.82) is 0 Å². The van der Waals surface area contributed by atoms with Gasteiger partial charge >= 0.3 is 0 Å². The van der Waals surface area contributed by atoms with Crippen LogP contribution in [0.25, 0.3) is 11.3 Å². The molecule has 1 amide bonds. The van der Waals surface area contributed by atoms with Crippen molar-refractivity contribution in [2.45, 2.75) is 6.92 Å². The summed E-state index contributed by atoms with van der Waals surface area (Å²) in [6.45, 7) is 1.85. The van der Waals surface area contributed by atoms with Crippen LogP contribution in [0.2, 0.25) is 5.02 Å². The minimum atomic E-state index is -0.464. The number of carbonyl (C=O) groups excluding carboxylic acids is 1. The number of non-ortho nitro benzene ring substituents is 1. The Morgan fingerprint density at radius 3 is 2.59 bits per heavy atom. The van der Waals surface area contributed by atoms with Crippen LogP contribution in [0.1, 0.15) is 21.7 Å². The van der Waals surface area contributed by atoms with Crippen molar-refractivity contribution < 1.29 is 14.1 Å². The molecule has 0 fully saturated rings. The Morgan fingerprint density at radius 2 is 1.93 bits per heavy atom. The zero-order chi connectivity index (χ0) is 19.4. The molecule has 0 saturated heterocycles. The molecule has 1 N–H and O–H groups in total. The summed E-state index contributed by atoms with van der Waals surface area (Å²) in [7, 11) is 0. The predicted molar refractivity (Wildman–Crippen MR) is 102 cm³/mol. The van der Waals surface area contributed by atoms with Gasteiger partial charge in [0.1, 0.15) is 11.5 Å². The molecule has 0 radical (unpaired) electrons. The molecule has 0 spiro atoms. The number of aryl methyl sites for hydroxylation is 1. The Balaban J connectivity index is 1.65. The van der Waals surface area contributed by atoms with E-state index in [0.29, 0.717) is 27.7 Å². The smallest absolute Gasteiger partial charge is 0.271 e. The number of hydrazone groups is 1. The molecule has 7 nitrogen and oxygen atoms in total. The first kappa shape index (κ1) is 18.3. The number of halogens is 1. The number of nitrogens with one attached hydrogen (secondary N) is 1. The largest absolute Gasteiger partial charge is 0.455 e. The summed E-state index contributed by atoms with van der Waals surface area (Å²) < 4.78 is 5.60. The van der Waals surface area contributed by atoms with E-state index in [1.807, 2.05) is 6.92 Å². The quantitative estimate of drug-likeness (QED) is 0.396. The fourth-order valence-electron chi connectivity index (χ4n) is 2.28. The minimum Gasteiger partial charge on any atom is -0.455 e. The van der Waals surface area contributed by atoms with Gasteiger partial charge in [0.05, 0.1) is 11.1 Å². The van der Waals surface area contributed by atoms with Gasteiger partial charge in [-0.1, -0.05) is 17.7 Å². The summed E-state index contributed by atoms with van der Waals surface area (Å²) in [6.07, 6.45) is 1.36. The fourth-order valence-corrected chi connectivity index (χ4v) is 2.46. The zero-order valence-corrected chi connectivity index (χ0v) is 14.9. The summed E-state index contributed by atoms with van der Waals surface area (Å²) in [5, 5.41) is 15.1. The first-order valence-corrected chi connectivity index (χ1v) is 8.26. The van der Waals surface area contributed by atoms with E-state index >= 15 is 0 Å². The van der Waals surface area contributed by atoms with E-state index in [4.69, 9.17) is 16.0 Å². The van der Waals surface area contributed by atoms with Crippen LogP contribution in [0, 0.1) is 17.0 Å². The van der Waals surface area contributed by atoms with Crippen molar-refractivity contribution in [3.8, 4) is 11.3 Å². The third kappa shape index (κ3) is 4.39. The van der Waals surface area contributed by atoms with Crippen molar-refractivity contribution in [3.05, 3.63) is 86.6 Å². The van der Waals surface area contributed by atoms with Gasteiger partial charge < -0.3 is 4.42 Å². The van der Waals surface area contributed by atoms with Gasteiger partial charge in [-0.05, 0) is 48.9 Å². The first-order valence-electron chi connectivity index (χ1n) is 7.88. The molecule has 3 rings (SSSR count). The standard InChI is InChI=1S/C19H14ClN3O4/c1-12-2-3-14(10-17(12)20)19(24)22-21-11-16-8-9-18(27-16)13-4-6-15(7-5-13)23(25)26/h2-11H,1H3,(H,22,24)/b21-11+. The highest BCUT2D eigenvalue weighted by atomic mass is 35.5. The molecule has 27 heavy (non-hydrogen) atoms. The molecule has 0 saturated carbocycles. The zero-order valence-electron chi connectivity index (χ0n) is 14.2. The summed E-state index contributed by atoms with van der Waals surface area (Å²) in [5.41, 5.74) is 4.38. The maximum atomic E-state index is 12.0. The number of carbonyl (C=O) groups is 1. The van der Waals surface area contributed by atoms with Gasteiger partial charge in [-0.2, -0.15) is 5.10 Å². The van der Waals surface area contributed by atoms with Crippen LogP contribution in [-0.2, 0) is 0 Å². The number of nitro benzene ring substituents is 1. The highest BCUT2D eigenvalue weighted by Crippen LogP contribution is 2.24. The maximum Gasteiger partial charge on any atom is 0.271 e. The number of nitro groups is 1. The number of rotatable bonds is 5. The van der Waals surface area contributed by atoms with E-state index in [-0.39, 0.29) is 5.69 Å². The number of hydrogen-bond acceptors (Lipinski definition) is 5. The van der Waals surface area contributed by atoms with Gasteiger partial charge in [0.25, 0.3) is 11.6 Å². The second kappa shape index (κ2) is 7.84. The van der Waals surface area contributed by atoms with E-state index in [2.05, 4.69) is 10.5 Å². The average Bonchev–Trinajstić information content (AvgIpc) is 3.13. The molecule has 0 atom stereocenters. The lowest BCUT2D eigenvalue weighted by Gasteiger charge is -2.02. The normalized spacial score (nSPS) is 10.9. The Bertz CT molecular complexity index is 1030. The van der Waals surface area contributed by atoms with Crippen molar-refractivity contribution in [2.24, 2.45) is 5.10 Å². The summed E-state index contributed by atoms with van der Waals surface area (Å²) in [5.74, 6) is 0.559. The molecule has 1 aromatic heterocycles. The van der Waals surface area contributed by atoms with E-state index in [1.165, 1.54) is 18.3 Å². The van der Waals surface area contributed by atoms with Crippen LogP contribution >= 0.6 is 11.6 Å². The third-order valence-corrected chi connectivity index (χ3v) is 4.19.